The van der Waals surface area contributed by atoms with E-state index in [-0.39, 0.29) is 16.9 Å². The highest BCUT2D eigenvalue weighted by Crippen LogP contribution is 2.66. The monoisotopic (exact) mass is 390 g/mol. The largest absolute Gasteiger partial charge is 0.393 e. The van der Waals surface area contributed by atoms with Crippen molar-refractivity contribution in [2.45, 2.75) is 96.1 Å². The zero-order valence-corrected chi connectivity index (χ0v) is 17.9. The fraction of sp³-hybridized carbons (Fsp3) is 0.917. The topological polar surface area (TPSA) is 58.9 Å². The molecule has 1 aliphatic heterocycles. The lowest BCUT2D eigenvalue weighted by atomic mass is 9.47. The summed E-state index contributed by atoms with van der Waals surface area (Å²) in [6, 6.07) is 0. The molecule has 158 valence electrons. The van der Waals surface area contributed by atoms with Crippen molar-refractivity contribution in [3.05, 3.63) is 11.6 Å². The molecule has 5 rings (SSSR count). The molecule has 3 saturated carbocycles. The normalized spacial score (nSPS) is 52.5. The number of allylic oxidation sites excluding steroid dienone is 1. The van der Waals surface area contributed by atoms with E-state index < -0.39 is 11.4 Å². The lowest BCUT2D eigenvalue weighted by molar-refractivity contribution is -0.281. The number of hydrogen-bond acceptors (Lipinski definition) is 4. The first-order valence-corrected chi connectivity index (χ1v) is 11.7. The Hall–Kier alpha value is -0.420. The first-order valence-electron chi connectivity index (χ1n) is 11.7. The first-order chi connectivity index (χ1) is 13.3. The molecule has 0 aromatic rings. The molecule has 0 unspecified atom stereocenters. The van der Waals surface area contributed by atoms with Crippen LogP contribution in [0.5, 0.6) is 0 Å². The molecule has 4 nitrogen and oxygen atoms in total. The van der Waals surface area contributed by atoms with Crippen LogP contribution in [0.3, 0.4) is 0 Å². The third kappa shape index (κ3) is 2.38. The molecule has 4 fully saturated rings. The van der Waals surface area contributed by atoms with E-state index in [4.69, 9.17) is 9.47 Å². The summed E-state index contributed by atoms with van der Waals surface area (Å²) in [5.74, 6) is 1.20. The highest BCUT2D eigenvalue weighted by molar-refractivity contribution is 5.28. The van der Waals surface area contributed by atoms with Crippen molar-refractivity contribution in [3.63, 3.8) is 0 Å². The number of aliphatic hydroxyl groups excluding tert-OH is 1. The molecule has 2 N–H and O–H groups in total. The molecule has 7 atom stereocenters. The van der Waals surface area contributed by atoms with E-state index in [1.807, 2.05) is 0 Å². The van der Waals surface area contributed by atoms with E-state index in [1.54, 1.807) is 0 Å². The maximum Gasteiger partial charge on any atom is 0.197 e. The number of hydrogen-bond donors (Lipinski definition) is 2. The van der Waals surface area contributed by atoms with Crippen LogP contribution in [0, 0.1) is 28.6 Å². The molecule has 0 aromatic heterocycles. The third-order valence-corrected chi connectivity index (χ3v) is 10.0. The van der Waals surface area contributed by atoms with Gasteiger partial charge in [0.2, 0.25) is 0 Å². The number of ether oxygens (including phenoxy) is 2. The summed E-state index contributed by atoms with van der Waals surface area (Å²) in [5, 5.41) is 22.3. The second kappa shape index (κ2) is 6.29. The van der Waals surface area contributed by atoms with Crippen LogP contribution in [0.1, 0.15) is 78.6 Å². The second-order valence-corrected chi connectivity index (χ2v) is 10.9. The number of fused-ring (bicyclic) bond motifs is 5. The van der Waals surface area contributed by atoms with Gasteiger partial charge in [0.1, 0.15) is 5.60 Å². The van der Waals surface area contributed by atoms with Crippen LogP contribution in [-0.2, 0) is 9.47 Å². The Balaban J connectivity index is 1.44. The van der Waals surface area contributed by atoms with Gasteiger partial charge in [-0.1, -0.05) is 32.4 Å². The predicted molar refractivity (Wildman–Crippen MR) is 108 cm³/mol. The Morgan fingerprint density at radius 3 is 2.50 bits per heavy atom. The van der Waals surface area contributed by atoms with Gasteiger partial charge in [-0.15, -0.1) is 0 Å². The predicted octanol–water partition coefficient (Wildman–Crippen LogP) is 4.19. The number of rotatable bonds is 2. The minimum atomic E-state index is -0.914. The van der Waals surface area contributed by atoms with Crippen LogP contribution in [0.4, 0.5) is 0 Å². The smallest absolute Gasteiger partial charge is 0.197 e. The van der Waals surface area contributed by atoms with Gasteiger partial charge in [0.05, 0.1) is 19.3 Å². The highest BCUT2D eigenvalue weighted by atomic mass is 16.7. The van der Waals surface area contributed by atoms with Gasteiger partial charge in [-0.2, -0.15) is 0 Å². The van der Waals surface area contributed by atoms with Crippen LogP contribution in [0.25, 0.3) is 0 Å². The lowest BCUT2D eigenvalue weighted by Gasteiger charge is -2.60. The van der Waals surface area contributed by atoms with Crippen molar-refractivity contribution < 1.29 is 19.7 Å². The van der Waals surface area contributed by atoms with Crippen molar-refractivity contribution in [1.82, 2.24) is 0 Å². The van der Waals surface area contributed by atoms with E-state index >= 15 is 0 Å². The zero-order valence-electron chi connectivity index (χ0n) is 17.9. The Morgan fingerprint density at radius 2 is 1.79 bits per heavy atom. The molecule has 0 amide bonds. The van der Waals surface area contributed by atoms with Crippen LogP contribution >= 0.6 is 0 Å². The Kier molecular flexibility index (Phi) is 4.39. The van der Waals surface area contributed by atoms with Crippen molar-refractivity contribution in [3.8, 4) is 0 Å². The van der Waals surface area contributed by atoms with Gasteiger partial charge in [-0.25, -0.2) is 0 Å². The highest BCUT2D eigenvalue weighted by Gasteiger charge is 2.62. The molecule has 0 radical (unpaired) electrons. The summed E-state index contributed by atoms with van der Waals surface area (Å²) in [6.07, 6.45) is 11.1. The summed E-state index contributed by atoms with van der Waals surface area (Å²) in [7, 11) is 0. The van der Waals surface area contributed by atoms with E-state index in [0.717, 1.165) is 32.1 Å². The van der Waals surface area contributed by atoms with Gasteiger partial charge < -0.3 is 19.7 Å². The minimum absolute atomic E-state index is 0.117. The summed E-state index contributed by atoms with van der Waals surface area (Å²) < 4.78 is 12.0. The van der Waals surface area contributed by atoms with E-state index in [9.17, 15) is 10.2 Å². The van der Waals surface area contributed by atoms with Crippen molar-refractivity contribution in [2.75, 3.05) is 13.2 Å². The van der Waals surface area contributed by atoms with E-state index in [0.29, 0.717) is 43.8 Å². The van der Waals surface area contributed by atoms with E-state index in [1.165, 1.54) is 18.4 Å². The van der Waals surface area contributed by atoms with Gasteiger partial charge in [-0.3, -0.25) is 0 Å². The van der Waals surface area contributed by atoms with Gasteiger partial charge >= 0.3 is 0 Å². The van der Waals surface area contributed by atoms with Crippen LogP contribution in [0.2, 0.25) is 0 Å². The molecule has 0 bridgehead atoms. The Morgan fingerprint density at radius 1 is 1.04 bits per heavy atom. The minimum Gasteiger partial charge on any atom is -0.393 e. The average Bonchev–Trinajstić information content (AvgIpc) is 3.29. The van der Waals surface area contributed by atoms with Gasteiger partial charge in [0.15, 0.2) is 5.79 Å². The molecular weight excluding hydrogens is 352 g/mol. The van der Waals surface area contributed by atoms with Crippen molar-refractivity contribution in [2.24, 2.45) is 28.6 Å². The summed E-state index contributed by atoms with van der Waals surface area (Å²) >= 11 is 0. The Bertz CT molecular complexity index is 668. The van der Waals surface area contributed by atoms with E-state index in [2.05, 4.69) is 26.8 Å². The molecule has 5 aliphatic rings. The molecule has 4 heteroatoms. The molecular formula is C24H38O4. The maximum atomic E-state index is 11.7. The maximum absolute atomic E-state index is 11.7. The quantitative estimate of drug-likeness (QED) is 0.694. The lowest BCUT2D eigenvalue weighted by Crippen LogP contribution is -2.60. The summed E-state index contributed by atoms with van der Waals surface area (Å²) in [5.41, 5.74) is 0.827. The third-order valence-electron chi connectivity index (χ3n) is 10.0. The average molecular weight is 391 g/mol. The molecule has 28 heavy (non-hydrogen) atoms. The molecule has 0 aromatic carbocycles. The van der Waals surface area contributed by atoms with Gasteiger partial charge in [0.25, 0.3) is 0 Å². The number of aliphatic hydroxyl groups is 2. The molecule has 0 spiro atoms. The fourth-order valence-corrected chi connectivity index (χ4v) is 8.20. The summed E-state index contributed by atoms with van der Waals surface area (Å²) in [6.45, 7) is 8.03. The van der Waals surface area contributed by atoms with Crippen LogP contribution in [-0.4, -0.2) is 40.9 Å². The molecule has 1 saturated heterocycles. The second-order valence-electron chi connectivity index (χ2n) is 10.9. The SMILES string of the molecule is CCC1([C@]2(O)CC[C@@]3(C)C(=CC[C@H]4[C@@H]5CC[C@@H](O)[C@@]5(C)CC[C@@H]43)C2)OCCO1. The van der Waals surface area contributed by atoms with Crippen LogP contribution in [0.15, 0.2) is 11.6 Å². The molecule has 1 heterocycles. The standard InChI is InChI=1S/C24H38O4/c1-4-24(27-13-14-28-24)23(26)12-11-21(2)16(15-23)5-6-17-18-7-8-20(25)22(18,3)10-9-19(17)21/h5,17-20,25-26H,4,6-15H2,1-3H3/t17-,18-,19-,20+,21-,22-,23-/m0/s1. The fourth-order valence-electron chi connectivity index (χ4n) is 8.20. The van der Waals surface area contributed by atoms with Gasteiger partial charge in [0, 0.05) is 12.8 Å². The summed E-state index contributed by atoms with van der Waals surface area (Å²) in [4.78, 5) is 0. The zero-order chi connectivity index (χ0) is 19.8. The Labute approximate surface area is 169 Å². The van der Waals surface area contributed by atoms with Crippen molar-refractivity contribution >= 4 is 0 Å². The van der Waals surface area contributed by atoms with Crippen molar-refractivity contribution in [1.29, 1.82) is 0 Å². The van der Waals surface area contributed by atoms with Gasteiger partial charge in [-0.05, 0) is 73.5 Å². The first kappa shape index (κ1) is 19.5. The molecule has 4 aliphatic carbocycles. The van der Waals surface area contributed by atoms with Crippen LogP contribution < -0.4 is 0 Å².